The normalized spacial score (nSPS) is 13.4. The van der Waals surface area contributed by atoms with Crippen LogP contribution in [0.5, 0.6) is 0 Å². The van der Waals surface area contributed by atoms with Gasteiger partial charge in [0.1, 0.15) is 11.4 Å². The molecule has 25 heavy (non-hydrogen) atoms. The van der Waals surface area contributed by atoms with Crippen LogP contribution in [0, 0.1) is 0 Å². The maximum atomic E-state index is 11.9. The molecule has 2 aromatic heterocycles. The highest BCUT2D eigenvalue weighted by molar-refractivity contribution is 9.11. The maximum Gasteiger partial charge on any atom is 0.269 e. The van der Waals surface area contributed by atoms with Crippen LogP contribution < -0.4 is 11.1 Å². The van der Waals surface area contributed by atoms with Gasteiger partial charge in [0.15, 0.2) is 5.82 Å². The number of nitrogens with one attached hydrogen (secondary N) is 1. The number of carbonyl (C=O) groups excluding carboxylic acids is 1. The van der Waals surface area contributed by atoms with Gasteiger partial charge in [0.2, 0.25) is 0 Å². The Kier molecular flexibility index (Phi) is 4.04. The summed E-state index contributed by atoms with van der Waals surface area (Å²) in [5.74, 6) is 0.367. The third kappa shape index (κ3) is 2.93. The third-order valence-electron chi connectivity index (χ3n) is 3.87. The van der Waals surface area contributed by atoms with Crippen molar-refractivity contribution in [1.29, 1.82) is 0 Å². The van der Waals surface area contributed by atoms with Crippen molar-refractivity contribution >= 4 is 43.5 Å². The fourth-order valence-electron chi connectivity index (χ4n) is 2.66. The van der Waals surface area contributed by atoms with E-state index in [1.807, 2.05) is 12.1 Å². The van der Waals surface area contributed by atoms with Crippen molar-refractivity contribution in [3.05, 3.63) is 45.1 Å². The zero-order valence-electron chi connectivity index (χ0n) is 12.8. The molecule has 1 aliphatic heterocycles. The lowest BCUT2D eigenvalue weighted by Gasteiger charge is -2.13. The summed E-state index contributed by atoms with van der Waals surface area (Å²) in [6.07, 6.45) is 1.66. The minimum absolute atomic E-state index is 0.126. The van der Waals surface area contributed by atoms with Crippen LogP contribution in [0.2, 0.25) is 0 Å². The van der Waals surface area contributed by atoms with Crippen LogP contribution >= 0.6 is 31.9 Å². The molecule has 3 aromatic rings. The Hall–Kier alpha value is -2.26. The van der Waals surface area contributed by atoms with Crippen LogP contribution in [-0.4, -0.2) is 32.2 Å². The van der Waals surface area contributed by atoms with Gasteiger partial charge in [-0.2, -0.15) is 5.10 Å². The number of rotatable bonds is 2. The summed E-state index contributed by atoms with van der Waals surface area (Å²) in [5.41, 5.74) is 9.22. The first-order valence-electron chi connectivity index (χ1n) is 7.47. The number of benzene rings is 1. The number of aromatic nitrogens is 4. The summed E-state index contributed by atoms with van der Waals surface area (Å²) in [5, 5.41) is 7.28. The van der Waals surface area contributed by atoms with Gasteiger partial charge in [-0.05, 0) is 40.2 Å². The number of halogens is 2. The van der Waals surface area contributed by atoms with Crippen LogP contribution in [0.3, 0.4) is 0 Å². The first-order valence-corrected chi connectivity index (χ1v) is 9.06. The molecule has 0 saturated heterocycles. The molecule has 1 aliphatic rings. The smallest absolute Gasteiger partial charge is 0.269 e. The average Bonchev–Trinajstić information content (AvgIpc) is 3.04. The lowest BCUT2D eigenvalue weighted by molar-refractivity contribution is 0.0924. The van der Waals surface area contributed by atoms with Crippen molar-refractivity contribution in [2.45, 2.75) is 6.54 Å². The van der Waals surface area contributed by atoms with E-state index in [1.54, 1.807) is 23.0 Å². The fourth-order valence-corrected chi connectivity index (χ4v) is 3.89. The van der Waals surface area contributed by atoms with E-state index in [2.05, 4.69) is 52.2 Å². The quantitative estimate of drug-likeness (QED) is 0.569. The lowest BCUT2D eigenvalue weighted by Crippen LogP contribution is -2.35. The molecule has 7 nitrogen and oxygen atoms in total. The molecule has 0 aliphatic carbocycles. The van der Waals surface area contributed by atoms with Crippen LogP contribution in [-0.2, 0) is 6.54 Å². The number of amides is 1. The number of nitrogens with zero attached hydrogens (tertiary/aromatic N) is 4. The number of anilines is 1. The number of hydrogen-bond acceptors (Lipinski definition) is 5. The predicted octanol–water partition coefficient (Wildman–Crippen LogP) is 2.86. The van der Waals surface area contributed by atoms with E-state index in [-0.39, 0.29) is 5.91 Å². The van der Waals surface area contributed by atoms with E-state index >= 15 is 0 Å². The highest BCUT2D eigenvalue weighted by Gasteiger charge is 2.20. The molecule has 3 heterocycles. The molecule has 4 rings (SSSR count). The molecule has 1 amide bonds. The Balaban J connectivity index is 1.80. The number of nitrogens with two attached hydrogens (primary N) is 1. The van der Waals surface area contributed by atoms with E-state index < -0.39 is 0 Å². The van der Waals surface area contributed by atoms with Crippen LogP contribution in [0.25, 0.3) is 22.8 Å². The molecular formula is C16H12Br2N6O. The second-order valence-electron chi connectivity index (χ2n) is 5.51. The van der Waals surface area contributed by atoms with E-state index in [0.29, 0.717) is 47.2 Å². The number of carbonyl (C=O) groups is 1. The van der Waals surface area contributed by atoms with Gasteiger partial charge in [-0.3, -0.25) is 9.48 Å². The predicted molar refractivity (Wildman–Crippen MR) is 101 cm³/mol. The first-order chi connectivity index (χ1) is 12.0. The van der Waals surface area contributed by atoms with E-state index in [4.69, 9.17) is 5.73 Å². The minimum atomic E-state index is -0.126. The van der Waals surface area contributed by atoms with Gasteiger partial charge in [-0.25, -0.2) is 9.97 Å². The average molecular weight is 464 g/mol. The summed E-state index contributed by atoms with van der Waals surface area (Å²) in [7, 11) is 0. The van der Waals surface area contributed by atoms with Crippen molar-refractivity contribution in [3.63, 3.8) is 0 Å². The standard InChI is InChI=1S/C16H12Br2N6O/c17-8-5-9(14(19)10(18)6-8)15-20-2-1-11(22-15)12-7-13-16(25)21-3-4-24(13)23-12/h1-2,5-7H,3-4,19H2,(H,21,25). The van der Waals surface area contributed by atoms with E-state index in [1.165, 1.54) is 0 Å². The molecule has 0 saturated carbocycles. The van der Waals surface area contributed by atoms with E-state index in [0.717, 1.165) is 8.95 Å². The van der Waals surface area contributed by atoms with Gasteiger partial charge < -0.3 is 11.1 Å². The zero-order chi connectivity index (χ0) is 17.6. The molecule has 126 valence electrons. The van der Waals surface area contributed by atoms with Crippen molar-refractivity contribution in [2.24, 2.45) is 0 Å². The molecule has 0 atom stereocenters. The highest BCUT2D eigenvalue weighted by atomic mass is 79.9. The van der Waals surface area contributed by atoms with Gasteiger partial charge in [0, 0.05) is 27.3 Å². The second-order valence-corrected chi connectivity index (χ2v) is 7.28. The molecule has 9 heteroatoms. The Morgan fingerprint density at radius 3 is 2.84 bits per heavy atom. The van der Waals surface area contributed by atoms with Crippen molar-refractivity contribution < 1.29 is 4.79 Å². The topological polar surface area (TPSA) is 98.7 Å². The van der Waals surface area contributed by atoms with Gasteiger partial charge in [-0.15, -0.1) is 0 Å². The monoisotopic (exact) mass is 462 g/mol. The molecule has 0 spiro atoms. The SMILES string of the molecule is Nc1c(Br)cc(Br)cc1-c1nccc(-c2cc3n(n2)CCNC3=O)n1. The Bertz CT molecular complexity index is 1000. The summed E-state index contributed by atoms with van der Waals surface area (Å²) in [6, 6.07) is 7.23. The molecule has 3 N–H and O–H groups in total. The zero-order valence-corrected chi connectivity index (χ0v) is 16.0. The Morgan fingerprint density at radius 2 is 2.04 bits per heavy atom. The van der Waals surface area contributed by atoms with E-state index in [9.17, 15) is 4.79 Å². The molecule has 0 bridgehead atoms. The molecule has 0 fully saturated rings. The van der Waals surface area contributed by atoms with Gasteiger partial charge in [0.25, 0.3) is 5.91 Å². The number of hydrogen-bond donors (Lipinski definition) is 2. The van der Waals surface area contributed by atoms with Crippen LogP contribution in [0.1, 0.15) is 10.5 Å². The van der Waals surface area contributed by atoms with Crippen LogP contribution in [0.4, 0.5) is 5.69 Å². The summed E-state index contributed by atoms with van der Waals surface area (Å²) in [6.45, 7) is 1.22. The maximum absolute atomic E-state index is 11.9. The van der Waals surface area contributed by atoms with Crippen molar-refractivity contribution in [2.75, 3.05) is 12.3 Å². The number of nitrogen functional groups attached to an aromatic ring is 1. The third-order valence-corrected chi connectivity index (χ3v) is 4.99. The van der Waals surface area contributed by atoms with Crippen LogP contribution in [0.15, 0.2) is 39.4 Å². The number of fused-ring (bicyclic) bond motifs is 1. The van der Waals surface area contributed by atoms with Gasteiger partial charge in [0.05, 0.1) is 17.9 Å². The largest absolute Gasteiger partial charge is 0.397 e. The molecular weight excluding hydrogens is 452 g/mol. The van der Waals surface area contributed by atoms with Crippen molar-refractivity contribution in [1.82, 2.24) is 25.1 Å². The fraction of sp³-hybridized carbons (Fsp3) is 0.125. The van der Waals surface area contributed by atoms with Gasteiger partial charge >= 0.3 is 0 Å². The second kappa shape index (κ2) is 6.23. The highest BCUT2D eigenvalue weighted by Crippen LogP contribution is 2.34. The molecule has 0 radical (unpaired) electrons. The summed E-state index contributed by atoms with van der Waals surface area (Å²) < 4.78 is 3.33. The summed E-state index contributed by atoms with van der Waals surface area (Å²) >= 11 is 6.88. The molecule has 1 aromatic carbocycles. The first kappa shape index (κ1) is 16.2. The Labute approximate surface area is 159 Å². The lowest BCUT2D eigenvalue weighted by atomic mass is 10.1. The van der Waals surface area contributed by atoms with Gasteiger partial charge in [-0.1, -0.05) is 15.9 Å². The van der Waals surface area contributed by atoms with Crippen molar-refractivity contribution in [3.8, 4) is 22.8 Å². The Morgan fingerprint density at radius 1 is 1.20 bits per heavy atom. The summed E-state index contributed by atoms with van der Waals surface area (Å²) in [4.78, 5) is 20.8. The minimum Gasteiger partial charge on any atom is -0.397 e. The molecule has 0 unspecified atom stereocenters.